The van der Waals surface area contributed by atoms with Gasteiger partial charge in [0.05, 0.1) is 0 Å². The van der Waals surface area contributed by atoms with Gasteiger partial charge >= 0.3 is 0 Å². The first-order valence-corrected chi connectivity index (χ1v) is 4.59. The quantitative estimate of drug-likeness (QED) is 0.379. The van der Waals surface area contributed by atoms with E-state index in [-0.39, 0.29) is 50.7 Å². The number of hydrogen-bond acceptors (Lipinski definition) is 0. The Kier molecular flexibility index (Phi) is 14.9. The summed E-state index contributed by atoms with van der Waals surface area (Å²) >= 11 is 0. The van der Waals surface area contributed by atoms with Crippen LogP contribution in [0.15, 0.2) is 12.1 Å². The molecule has 1 aromatic carbocycles. The molecule has 0 atom stereocenters. The van der Waals surface area contributed by atoms with Crippen molar-refractivity contribution in [3.63, 3.8) is 0 Å². The van der Waals surface area contributed by atoms with E-state index in [2.05, 4.69) is 32.9 Å². The Morgan fingerprint density at radius 3 is 2.00 bits per heavy atom. The second-order valence-corrected chi connectivity index (χ2v) is 2.92. The van der Waals surface area contributed by atoms with Crippen molar-refractivity contribution in [3.8, 4) is 0 Å². The zero-order valence-corrected chi connectivity index (χ0v) is 14.1. The Morgan fingerprint density at radius 2 is 1.64 bits per heavy atom. The fraction of sp³-hybridized carbons (Fsp3) is 0.545. The average Bonchev–Trinajstić information content (AvgIpc) is 2.45. The first-order valence-electron chi connectivity index (χ1n) is 4.59. The molecule has 3 heteroatoms. The Hall–Kier alpha value is 0.800. The molecular formula is C11H17Cl2Hf-3. The molecule has 0 amide bonds. The Balaban J connectivity index is -0.000000403. The summed E-state index contributed by atoms with van der Waals surface area (Å²) in [7, 11) is 0. The van der Waals surface area contributed by atoms with Crippen LogP contribution < -0.4 is 24.8 Å². The number of hydrogen-bond donors (Lipinski definition) is 0. The van der Waals surface area contributed by atoms with Gasteiger partial charge in [-0.3, -0.25) is 0 Å². The third-order valence-corrected chi connectivity index (χ3v) is 2.38. The molecule has 0 unspecified atom stereocenters. The molecule has 0 saturated carbocycles. The van der Waals surface area contributed by atoms with Crippen LogP contribution in [0.25, 0.3) is 0 Å². The van der Waals surface area contributed by atoms with Crippen LogP contribution >= 0.6 is 0 Å². The van der Waals surface area contributed by atoms with E-state index in [1.807, 2.05) is 0 Å². The van der Waals surface area contributed by atoms with E-state index in [1.165, 1.54) is 19.3 Å². The standard InChI is InChI=1S/C11H17.2ClH.Hf/c1-4-9-7-8-10(5-2)11(9)6-3;;;/h7-8H,4-6H2,1-3H3;2*1H;/q-1;;;/p-2. The fourth-order valence-electron chi connectivity index (χ4n) is 1.73. The topological polar surface area (TPSA) is 0 Å². The summed E-state index contributed by atoms with van der Waals surface area (Å²) in [5, 5.41) is 0. The molecule has 14 heavy (non-hydrogen) atoms. The van der Waals surface area contributed by atoms with Gasteiger partial charge in [0.15, 0.2) is 0 Å². The normalized spacial score (nSPS) is 8.21. The fourth-order valence-corrected chi connectivity index (χ4v) is 1.73. The van der Waals surface area contributed by atoms with Crippen LogP contribution in [0.1, 0.15) is 37.5 Å². The van der Waals surface area contributed by atoms with Crippen molar-refractivity contribution in [2.75, 3.05) is 0 Å². The van der Waals surface area contributed by atoms with Gasteiger partial charge in [-0.25, -0.2) is 6.07 Å². The van der Waals surface area contributed by atoms with Gasteiger partial charge in [-0.05, 0) is 0 Å². The monoisotopic (exact) mass is 399 g/mol. The molecule has 0 aliphatic heterocycles. The number of halogens is 2. The van der Waals surface area contributed by atoms with Crippen molar-refractivity contribution < 1.29 is 50.7 Å². The summed E-state index contributed by atoms with van der Waals surface area (Å²) in [6.07, 6.45) is 3.56. The molecular weight excluding hydrogens is 382 g/mol. The Labute approximate surface area is 119 Å². The van der Waals surface area contributed by atoms with E-state index in [4.69, 9.17) is 0 Å². The van der Waals surface area contributed by atoms with Crippen LogP contribution in [0.5, 0.6) is 0 Å². The van der Waals surface area contributed by atoms with Crippen LogP contribution in [-0.4, -0.2) is 0 Å². The van der Waals surface area contributed by atoms with Gasteiger partial charge in [-0.15, -0.1) is 0 Å². The van der Waals surface area contributed by atoms with Gasteiger partial charge in [0.2, 0.25) is 0 Å². The van der Waals surface area contributed by atoms with Gasteiger partial charge in [0.25, 0.3) is 0 Å². The van der Waals surface area contributed by atoms with E-state index >= 15 is 0 Å². The predicted octanol–water partition coefficient (Wildman–Crippen LogP) is -2.90. The Morgan fingerprint density at radius 1 is 1.07 bits per heavy atom. The van der Waals surface area contributed by atoms with E-state index < -0.39 is 0 Å². The third kappa shape index (κ3) is 4.55. The minimum atomic E-state index is 0. The molecule has 1 aromatic rings. The van der Waals surface area contributed by atoms with Gasteiger partial charge in [0.1, 0.15) is 0 Å². The van der Waals surface area contributed by atoms with E-state index in [9.17, 15) is 0 Å². The molecule has 0 aliphatic carbocycles. The summed E-state index contributed by atoms with van der Waals surface area (Å²) < 4.78 is 0. The van der Waals surface area contributed by atoms with Gasteiger partial charge in [-0.1, -0.05) is 40.0 Å². The van der Waals surface area contributed by atoms with Gasteiger partial charge in [0, 0.05) is 25.8 Å². The second-order valence-electron chi connectivity index (χ2n) is 2.92. The zero-order chi connectivity index (χ0) is 8.27. The number of rotatable bonds is 3. The maximum atomic E-state index is 2.28. The third-order valence-electron chi connectivity index (χ3n) is 2.38. The first kappa shape index (κ1) is 20.2. The van der Waals surface area contributed by atoms with Crippen molar-refractivity contribution >= 4 is 0 Å². The largest absolute Gasteiger partial charge is 1.00 e. The maximum absolute atomic E-state index is 2.28. The SMILES string of the molecule is CCc1cc[c-](CC)c1CC.[Cl-].[Cl-].[Hf]. The maximum Gasteiger partial charge on any atom is 0 e. The second kappa shape index (κ2) is 10.3. The summed E-state index contributed by atoms with van der Waals surface area (Å²) in [5.41, 5.74) is 4.68. The molecule has 0 N–H and O–H groups in total. The van der Waals surface area contributed by atoms with Crippen LogP contribution in [0.3, 0.4) is 0 Å². The summed E-state index contributed by atoms with van der Waals surface area (Å²) in [6, 6.07) is 4.55. The van der Waals surface area contributed by atoms with Crippen molar-refractivity contribution in [1.82, 2.24) is 0 Å². The molecule has 1 rings (SSSR count). The van der Waals surface area contributed by atoms with Gasteiger partial charge < -0.3 is 24.8 Å². The predicted molar refractivity (Wildman–Crippen MR) is 50.2 cm³/mol. The molecule has 0 aliphatic rings. The molecule has 0 heterocycles. The molecule has 82 valence electrons. The molecule has 0 aromatic heterocycles. The van der Waals surface area contributed by atoms with E-state index in [0.717, 1.165) is 0 Å². The minimum Gasteiger partial charge on any atom is -1.00 e. The Bertz CT molecular complexity index is 210. The smallest absolute Gasteiger partial charge is 0 e. The molecule has 0 spiro atoms. The van der Waals surface area contributed by atoms with Crippen LogP contribution in [0, 0.1) is 0 Å². The molecule has 0 fully saturated rings. The van der Waals surface area contributed by atoms with Crippen molar-refractivity contribution in [2.45, 2.75) is 40.0 Å². The van der Waals surface area contributed by atoms with Crippen molar-refractivity contribution in [2.24, 2.45) is 0 Å². The average molecular weight is 399 g/mol. The zero-order valence-electron chi connectivity index (χ0n) is 9.03. The van der Waals surface area contributed by atoms with Crippen molar-refractivity contribution in [1.29, 1.82) is 0 Å². The summed E-state index contributed by atoms with van der Waals surface area (Å²) in [4.78, 5) is 0. The summed E-state index contributed by atoms with van der Waals surface area (Å²) in [6.45, 7) is 6.70. The van der Waals surface area contributed by atoms with Crippen LogP contribution in [0.4, 0.5) is 0 Å². The number of aryl methyl sites for hydroxylation is 2. The van der Waals surface area contributed by atoms with Crippen LogP contribution in [-0.2, 0) is 45.1 Å². The van der Waals surface area contributed by atoms with E-state index in [0.29, 0.717) is 0 Å². The molecule has 0 radical (unpaired) electrons. The summed E-state index contributed by atoms with van der Waals surface area (Å²) in [5.74, 6) is 0. The van der Waals surface area contributed by atoms with E-state index in [1.54, 1.807) is 16.7 Å². The minimum absolute atomic E-state index is 0. The van der Waals surface area contributed by atoms with Crippen molar-refractivity contribution in [3.05, 3.63) is 28.8 Å². The van der Waals surface area contributed by atoms with Crippen LogP contribution in [0.2, 0.25) is 0 Å². The molecule has 0 bridgehead atoms. The van der Waals surface area contributed by atoms with Gasteiger partial charge in [-0.2, -0.15) is 22.8 Å². The first-order chi connectivity index (χ1) is 5.33. The molecule has 0 nitrogen and oxygen atoms in total. The molecule has 0 saturated heterocycles.